The van der Waals surface area contributed by atoms with Gasteiger partial charge in [0.2, 0.25) is 0 Å². The fourth-order valence-corrected chi connectivity index (χ4v) is 2.88. The molecule has 2 rings (SSSR count). The summed E-state index contributed by atoms with van der Waals surface area (Å²) >= 11 is 0. The number of esters is 1. The lowest BCUT2D eigenvalue weighted by molar-refractivity contribution is -0.130. The van der Waals surface area contributed by atoms with Crippen LogP contribution in [0.15, 0.2) is 35.0 Å². The van der Waals surface area contributed by atoms with Gasteiger partial charge in [-0.25, -0.2) is 9.79 Å². The predicted molar refractivity (Wildman–Crippen MR) is 101 cm³/mol. The maximum atomic E-state index is 11.9. The Morgan fingerprint density at radius 3 is 2.20 bits per heavy atom. The van der Waals surface area contributed by atoms with Gasteiger partial charge in [-0.05, 0) is 30.2 Å². The smallest absolute Gasteiger partial charge is 0.363 e. The summed E-state index contributed by atoms with van der Waals surface area (Å²) in [5.41, 5.74) is 1.15. The Balaban J connectivity index is 1.67. The van der Waals surface area contributed by atoms with Gasteiger partial charge in [-0.15, -0.1) is 0 Å². The highest BCUT2D eigenvalue weighted by molar-refractivity contribution is 6.07. The average Bonchev–Trinajstić information content (AvgIpc) is 2.95. The van der Waals surface area contributed by atoms with E-state index in [4.69, 9.17) is 4.74 Å². The first-order valence-corrected chi connectivity index (χ1v) is 9.49. The molecule has 136 valence electrons. The Morgan fingerprint density at radius 1 is 0.960 bits per heavy atom. The predicted octanol–water partition coefficient (Wildman–Crippen LogP) is 5.61. The molecular formula is C21H29NO3. The topological polar surface area (TPSA) is 58.9 Å². The SMILES string of the molecule is CCCCCCCCCCCC1=N/C(=C\c2ccc(O)cc2)C(=O)O1. The summed E-state index contributed by atoms with van der Waals surface area (Å²) in [4.78, 5) is 16.2. The number of hydrogen-bond acceptors (Lipinski definition) is 4. The number of aliphatic imine (C=N–C) groups is 1. The van der Waals surface area contributed by atoms with Crippen molar-refractivity contribution in [2.24, 2.45) is 4.99 Å². The first-order chi connectivity index (χ1) is 12.2. The highest BCUT2D eigenvalue weighted by Gasteiger charge is 2.22. The summed E-state index contributed by atoms with van der Waals surface area (Å²) in [7, 11) is 0. The van der Waals surface area contributed by atoms with Crippen LogP contribution in [0.4, 0.5) is 0 Å². The number of rotatable bonds is 11. The largest absolute Gasteiger partial charge is 0.508 e. The molecule has 0 saturated carbocycles. The quantitative estimate of drug-likeness (QED) is 0.323. The number of benzene rings is 1. The molecule has 1 aliphatic heterocycles. The lowest BCUT2D eigenvalue weighted by atomic mass is 10.1. The number of unbranched alkanes of at least 4 members (excludes halogenated alkanes) is 8. The van der Waals surface area contributed by atoms with Crippen molar-refractivity contribution in [2.45, 2.75) is 71.1 Å². The molecule has 1 aromatic carbocycles. The van der Waals surface area contributed by atoms with Gasteiger partial charge in [0, 0.05) is 6.42 Å². The van der Waals surface area contributed by atoms with E-state index in [-0.39, 0.29) is 11.7 Å². The number of cyclic esters (lactones) is 1. The lowest BCUT2D eigenvalue weighted by Crippen LogP contribution is -2.03. The number of hydrogen-bond donors (Lipinski definition) is 1. The third kappa shape index (κ3) is 7.12. The molecule has 0 bridgehead atoms. The van der Waals surface area contributed by atoms with Gasteiger partial charge in [0.25, 0.3) is 0 Å². The first-order valence-electron chi connectivity index (χ1n) is 9.49. The van der Waals surface area contributed by atoms with E-state index in [1.807, 2.05) is 0 Å². The minimum Gasteiger partial charge on any atom is -0.508 e. The van der Waals surface area contributed by atoms with Gasteiger partial charge in [0.1, 0.15) is 5.75 Å². The second kappa shape index (κ2) is 10.7. The van der Waals surface area contributed by atoms with E-state index < -0.39 is 0 Å². The fraction of sp³-hybridized carbons (Fsp3) is 0.524. The fourth-order valence-electron chi connectivity index (χ4n) is 2.88. The molecule has 1 aliphatic rings. The molecule has 0 unspecified atom stereocenters. The molecule has 0 fully saturated rings. The second-order valence-electron chi connectivity index (χ2n) is 6.59. The summed E-state index contributed by atoms with van der Waals surface area (Å²) in [6.07, 6.45) is 13.8. The second-order valence-corrected chi connectivity index (χ2v) is 6.59. The zero-order valence-electron chi connectivity index (χ0n) is 15.2. The van der Waals surface area contributed by atoms with E-state index in [1.54, 1.807) is 30.3 Å². The highest BCUT2D eigenvalue weighted by Crippen LogP contribution is 2.20. The van der Waals surface area contributed by atoms with E-state index in [1.165, 1.54) is 44.9 Å². The highest BCUT2D eigenvalue weighted by atomic mass is 16.6. The van der Waals surface area contributed by atoms with Crippen molar-refractivity contribution in [3.63, 3.8) is 0 Å². The number of carbonyl (C=O) groups is 1. The molecule has 1 N–H and O–H groups in total. The summed E-state index contributed by atoms with van der Waals surface area (Å²) in [5.74, 6) is 0.336. The van der Waals surface area contributed by atoms with E-state index >= 15 is 0 Å². The van der Waals surface area contributed by atoms with Crippen LogP contribution in [0.1, 0.15) is 76.7 Å². The Hall–Kier alpha value is -2.10. The molecule has 0 aromatic heterocycles. The lowest BCUT2D eigenvalue weighted by Gasteiger charge is -2.02. The number of aromatic hydroxyl groups is 1. The van der Waals surface area contributed by atoms with E-state index in [0.717, 1.165) is 18.4 Å². The monoisotopic (exact) mass is 343 g/mol. The van der Waals surface area contributed by atoms with Crippen molar-refractivity contribution in [1.29, 1.82) is 0 Å². The molecule has 25 heavy (non-hydrogen) atoms. The van der Waals surface area contributed by atoms with Crippen LogP contribution in [0, 0.1) is 0 Å². The number of carbonyl (C=O) groups excluding carboxylic acids is 1. The van der Waals surface area contributed by atoms with Crippen molar-refractivity contribution in [2.75, 3.05) is 0 Å². The maximum absolute atomic E-state index is 11.9. The third-order valence-electron chi connectivity index (χ3n) is 4.36. The molecule has 0 atom stereocenters. The zero-order chi connectivity index (χ0) is 17.9. The van der Waals surface area contributed by atoms with Crippen LogP contribution < -0.4 is 0 Å². The van der Waals surface area contributed by atoms with E-state index in [2.05, 4.69) is 11.9 Å². The van der Waals surface area contributed by atoms with Crippen molar-refractivity contribution in [1.82, 2.24) is 0 Å². The molecule has 1 heterocycles. The van der Waals surface area contributed by atoms with Crippen LogP contribution in [0.3, 0.4) is 0 Å². The Labute approximate surface area is 150 Å². The van der Waals surface area contributed by atoms with Crippen LogP contribution in [-0.4, -0.2) is 17.0 Å². The Bertz CT molecular complexity index is 602. The van der Waals surface area contributed by atoms with Crippen molar-refractivity contribution in [3.05, 3.63) is 35.5 Å². The van der Waals surface area contributed by atoms with E-state index in [0.29, 0.717) is 18.0 Å². The average molecular weight is 343 g/mol. The zero-order valence-corrected chi connectivity index (χ0v) is 15.2. The van der Waals surface area contributed by atoms with E-state index in [9.17, 15) is 9.90 Å². The minimum atomic E-state index is -0.390. The van der Waals surface area contributed by atoms with Crippen LogP contribution in [-0.2, 0) is 9.53 Å². The Kier molecular flexibility index (Phi) is 8.23. The summed E-state index contributed by atoms with van der Waals surface area (Å²) in [6.45, 7) is 2.24. The summed E-state index contributed by atoms with van der Waals surface area (Å²) < 4.78 is 5.24. The van der Waals surface area contributed by atoms with Gasteiger partial charge in [0.15, 0.2) is 11.6 Å². The Morgan fingerprint density at radius 2 is 1.56 bits per heavy atom. The van der Waals surface area contributed by atoms with Gasteiger partial charge >= 0.3 is 5.97 Å². The van der Waals surface area contributed by atoms with Gasteiger partial charge in [-0.3, -0.25) is 0 Å². The van der Waals surface area contributed by atoms with Crippen molar-refractivity contribution < 1.29 is 14.6 Å². The van der Waals surface area contributed by atoms with Gasteiger partial charge in [-0.1, -0.05) is 70.4 Å². The molecule has 4 nitrogen and oxygen atoms in total. The number of ether oxygens (including phenoxy) is 1. The summed E-state index contributed by atoms with van der Waals surface area (Å²) in [6, 6.07) is 6.65. The van der Waals surface area contributed by atoms with Gasteiger partial charge in [0.05, 0.1) is 0 Å². The first kappa shape index (κ1) is 19.2. The third-order valence-corrected chi connectivity index (χ3v) is 4.36. The normalized spacial score (nSPS) is 15.5. The van der Waals surface area contributed by atoms with Gasteiger partial charge < -0.3 is 9.84 Å². The molecule has 4 heteroatoms. The minimum absolute atomic E-state index is 0.200. The standard InChI is InChI=1S/C21H29NO3/c1-2-3-4-5-6-7-8-9-10-11-20-22-19(21(24)25-20)16-17-12-14-18(23)15-13-17/h12-16,23H,2-11H2,1H3/b19-16-. The van der Waals surface area contributed by atoms with Crippen molar-refractivity contribution in [3.8, 4) is 5.75 Å². The van der Waals surface area contributed by atoms with Gasteiger partial charge in [-0.2, -0.15) is 0 Å². The molecule has 0 radical (unpaired) electrons. The van der Waals surface area contributed by atoms with Crippen LogP contribution >= 0.6 is 0 Å². The molecular weight excluding hydrogens is 314 g/mol. The molecule has 0 spiro atoms. The van der Waals surface area contributed by atoms with Crippen LogP contribution in [0.25, 0.3) is 6.08 Å². The van der Waals surface area contributed by atoms with Crippen molar-refractivity contribution >= 4 is 17.9 Å². The molecule has 0 aliphatic carbocycles. The number of phenolic OH excluding ortho intramolecular Hbond substituents is 1. The van der Waals surface area contributed by atoms with Crippen LogP contribution in [0.2, 0.25) is 0 Å². The molecule has 0 amide bonds. The number of phenols is 1. The summed E-state index contributed by atoms with van der Waals surface area (Å²) in [5, 5.41) is 9.28. The molecule has 1 aromatic rings. The van der Waals surface area contributed by atoms with Crippen LogP contribution in [0.5, 0.6) is 5.75 Å². The number of nitrogens with zero attached hydrogens (tertiary/aromatic N) is 1. The maximum Gasteiger partial charge on any atom is 0.363 e. The molecule has 0 saturated heterocycles.